The fourth-order valence-electron chi connectivity index (χ4n) is 1.90. The normalized spacial score (nSPS) is 10.9. The van der Waals surface area contributed by atoms with Gasteiger partial charge in [-0.1, -0.05) is 18.5 Å². The summed E-state index contributed by atoms with van der Waals surface area (Å²) in [7, 11) is 3.55. The molecule has 18 heavy (non-hydrogen) atoms. The number of ketones is 1. The lowest BCUT2D eigenvalue weighted by Gasteiger charge is -2.03. The highest BCUT2D eigenvalue weighted by Crippen LogP contribution is 2.22. The van der Waals surface area contributed by atoms with E-state index in [1.54, 1.807) is 35.7 Å². The van der Waals surface area contributed by atoms with E-state index in [0.717, 1.165) is 17.8 Å². The van der Waals surface area contributed by atoms with Gasteiger partial charge in [-0.2, -0.15) is 10.2 Å². The van der Waals surface area contributed by atoms with Crippen LogP contribution in [0.3, 0.4) is 0 Å². The van der Waals surface area contributed by atoms with Gasteiger partial charge >= 0.3 is 0 Å². The predicted octanol–water partition coefficient (Wildman–Crippen LogP) is 1.79. The predicted molar refractivity (Wildman–Crippen MR) is 68.8 cm³/mol. The minimum atomic E-state index is -0.0115. The second-order valence-corrected chi connectivity index (χ2v) is 4.50. The number of nitrogens with zero attached hydrogens (tertiary/aromatic N) is 4. The first kappa shape index (κ1) is 12.8. The van der Waals surface area contributed by atoms with Crippen molar-refractivity contribution in [1.82, 2.24) is 19.6 Å². The highest BCUT2D eigenvalue weighted by Gasteiger charge is 2.18. The highest BCUT2D eigenvalue weighted by molar-refractivity contribution is 6.32. The Kier molecular flexibility index (Phi) is 3.52. The van der Waals surface area contributed by atoms with E-state index >= 15 is 0 Å². The van der Waals surface area contributed by atoms with Gasteiger partial charge in [0.2, 0.25) is 0 Å². The summed E-state index contributed by atoms with van der Waals surface area (Å²) in [5, 5.41) is 8.87. The van der Waals surface area contributed by atoms with Gasteiger partial charge in [-0.15, -0.1) is 0 Å². The Morgan fingerprint density at radius 1 is 1.39 bits per heavy atom. The maximum absolute atomic E-state index is 12.1. The molecule has 2 aromatic rings. The molecule has 0 radical (unpaired) electrons. The van der Waals surface area contributed by atoms with Crippen LogP contribution < -0.4 is 0 Å². The summed E-state index contributed by atoms with van der Waals surface area (Å²) in [5.74, 6) is -0.0115. The molecule has 5 nitrogen and oxygen atoms in total. The molecule has 0 unspecified atom stereocenters. The Morgan fingerprint density at radius 2 is 2.11 bits per heavy atom. The number of carbonyl (C=O) groups excluding carboxylic acids is 1. The van der Waals surface area contributed by atoms with Gasteiger partial charge in [0.25, 0.3) is 0 Å². The summed E-state index contributed by atoms with van der Waals surface area (Å²) in [6.07, 6.45) is 2.60. The van der Waals surface area contributed by atoms with E-state index < -0.39 is 0 Å². The van der Waals surface area contributed by atoms with Crippen LogP contribution in [0.25, 0.3) is 0 Å². The van der Waals surface area contributed by atoms with Gasteiger partial charge in [-0.3, -0.25) is 14.2 Å². The first-order valence-corrected chi connectivity index (χ1v) is 6.13. The molecule has 0 aliphatic rings. The maximum atomic E-state index is 12.1. The summed E-state index contributed by atoms with van der Waals surface area (Å²) >= 11 is 6.22. The monoisotopic (exact) mass is 266 g/mol. The number of carbonyl (C=O) groups is 1. The van der Waals surface area contributed by atoms with Crippen LogP contribution in [0.1, 0.15) is 28.8 Å². The molecule has 0 atom stereocenters. The van der Waals surface area contributed by atoms with Gasteiger partial charge < -0.3 is 0 Å². The van der Waals surface area contributed by atoms with E-state index in [1.165, 1.54) is 0 Å². The molecule has 0 saturated carbocycles. The molecule has 0 bridgehead atoms. The van der Waals surface area contributed by atoms with E-state index in [-0.39, 0.29) is 12.2 Å². The fourth-order valence-corrected chi connectivity index (χ4v) is 2.26. The summed E-state index contributed by atoms with van der Waals surface area (Å²) < 4.78 is 3.24. The number of aryl methyl sites for hydroxylation is 3. The molecule has 2 heterocycles. The second-order valence-electron chi connectivity index (χ2n) is 4.12. The van der Waals surface area contributed by atoms with Crippen molar-refractivity contribution >= 4 is 17.4 Å². The smallest absolute Gasteiger partial charge is 0.186 e. The minimum absolute atomic E-state index is 0.0115. The molecule has 96 valence electrons. The molecule has 0 amide bonds. The number of Topliss-reactive ketones (excluding diaryl/α,β-unsaturated/α-hetero) is 1. The molecule has 6 heteroatoms. The minimum Gasteiger partial charge on any atom is -0.292 e. The zero-order chi connectivity index (χ0) is 13.3. The van der Waals surface area contributed by atoms with Crippen LogP contribution in [0, 0.1) is 0 Å². The lowest BCUT2D eigenvalue weighted by Crippen LogP contribution is -2.12. The number of aromatic nitrogens is 4. The largest absolute Gasteiger partial charge is 0.292 e. The third kappa shape index (κ3) is 2.18. The topological polar surface area (TPSA) is 52.7 Å². The third-order valence-corrected chi connectivity index (χ3v) is 3.37. The van der Waals surface area contributed by atoms with Crippen LogP contribution in [-0.4, -0.2) is 25.3 Å². The Labute approximate surface area is 110 Å². The molecule has 0 N–H and O–H groups in total. The van der Waals surface area contributed by atoms with Crippen LogP contribution in [0.4, 0.5) is 0 Å². The quantitative estimate of drug-likeness (QED) is 0.793. The maximum Gasteiger partial charge on any atom is 0.186 e. The van der Waals surface area contributed by atoms with Gasteiger partial charge in [0.15, 0.2) is 5.78 Å². The van der Waals surface area contributed by atoms with Crippen LogP contribution in [0.15, 0.2) is 12.3 Å². The van der Waals surface area contributed by atoms with Crippen molar-refractivity contribution in [2.24, 2.45) is 14.1 Å². The number of rotatable bonds is 4. The molecule has 0 fully saturated rings. The van der Waals surface area contributed by atoms with Crippen molar-refractivity contribution in [2.45, 2.75) is 19.8 Å². The Bertz CT molecular complexity index is 585. The summed E-state index contributed by atoms with van der Waals surface area (Å²) in [4.78, 5) is 12.1. The van der Waals surface area contributed by atoms with Crippen LogP contribution >= 0.6 is 11.6 Å². The summed E-state index contributed by atoms with van der Waals surface area (Å²) in [5.41, 5.74) is 2.15. The number of halogens is 1. The lowest BCUT2D eigenvalue weighted by molar-refractivity contribution is 0.0981. The van der Waals surface area contributed by atoms with E-state index in [1.807, 2.05) is 6.92 Å². The Balaban J connectivity index is 2.27. The molecule has 0 saturated heterocycles. The Hall–Kier alpha value is -1.62. The van der Waals surface area contributed by atoms with Crippen LogP contribution in [0.5, 0.6) is 0 Å². The Morgan fingerprint density at radius 3 is 2.61 bits per heavy atom. The van der Waals surface area contributed by atoms with E-state index in [0.29, 0.717) is 10.7 Å². The zero-order valence-electron chi connectivity index (χ0n) is 10.6. The fraction of sp³-hybridized carbons (Fsp3) is 0.417. The summed E-state index contributed by atoms with van der Waals surface area (Å²) in [6.45, 7) is 1.99. The average Bonchev–Trinajstić information content (AvgIpc) is 2.87. The summed E-state index contributed by atoms with van der Waals surface area (Å²) in [6, 6.07) is 1.70. The second kappa shape index (κ2) is 4.94. The van der Waals surface area contributed by atoms with Gasteiger partial charge in [0, 0.05) is 20.3 Å². The van der Waals surface area contributed by atoms with Gasteiger partial charge in [-0.25, -0.2) is 0 Å². The highest BCUT2D eigenvalue weighted by atomic mass is 35.5. The average molecular weight is 267 g/mol. The zero-order valence-corrected chi connectivity index (χ0v) is 11.4. The third-order valence-electron chi connectivity index (χ3n) is 2.94. The van der Waals surface area contributed by atoms with Crippen molar-refractivity contribution in [2.75, 3.05) is 0 Å². The molecule has 0 aromatic carbocycles. The molecule has 2 aromatic heterocycles. The van der Waals surface area contributed by atoms with Crippen molar-refractivity contribution in [3.63, 3.8) is 0 Å². The molecular weight excluding hydrogens is 252 g/mol. The first-order valence-electron chi connectivity index (χ1n) is 5.76. The van der Waals surface area contributed by atoms with E-state index in [9.17, 15) is 4.79 Å². The molecule has 2 rings (SSSR count). The first-order chi connectivity index (χ1) is 8.54. The van der Waals surface area contributed by atoms with Gasteiger partial charge in [0.05, 0.1) is 22.8 Å². The number of hydrogen-bond donors (Lipinski definition) is 0. The molecule has 0 aliphatic heterocycles. The van der Waals surface area contributed by atoms with Crippen molar-refractivity contribution < 1.29 is 4.79 Å². The molecular formula is C12H15ClN4O. The number of hydrogen-bond acceptors (Lipinski definition) is 3. The molecule has 0 spiro atoms. The van der Waals surface area contributed by atoms with Gasteiger partial charge in [-0.05, 0) is 12.5 Å². The van der Waals surface area contributed by atoms with Crippen molar-refractivity contribution in [1.29, 1.82) is 0 Å². The van der Waals surface area contributed by atoms with E-state index in [2.05, 4.69) is 10.2 Å². The molecule has 0 aliphatic carbocycles. The van der Waals surface area contributed by atoms with Crippen molar-refractivity contribution in [3.8, 4) is 0 Å². The van der Waals surface area contributed by atoms with Gasteiger partial charge in [0.1, 0.15) is 5.69 Å². The van der Waals surface area contributed by atoms with Crippen LogP contribution in [-0.2, 0) is 26.9 Å². The lowest BCUT2D eigenvalue weighted by atomic mass is 10.1. The van der Waals surface area contributed by atoms with E-state index in [4.69, 9.17) is 11.6 Å². The SMILES string of the molecule is CCc1nn(C)c(CC(=O)c2ccnn2C)c1Cl. The van der Waals surface area contributed by atoms with Crippen LogP contribution in [0.2, 0.25) is 5.02 Å². The standard InChI is InChI=1S/C12H15ClN4O/c1-4-8-12(13)10(17(3)15-8)7-11(18)9-5-6-14-16(9)2/h5-6H,4,7H2,1-3H3. The van der Waals surface area contributed by atoms with Crippen molar-refractivity contribution in [3.05, 3.63) is 34.4 Å².